The summed E-state index contributed by atoms with van der Waals surface area (Å²) in [6, 6.07) is 14.6. The SMILES string of the molecule is O=C(Nc1cccc2c1CCCC2)C1CCn2c(nc3ccccc32)C1. The highest BCUT2D eigenvalue weighted by molar-refractivity contribution is 5.93. The van der Waals surface area contributed by atoms with Gasteiger partial charge in [-0.05, 0) is 61.4 Å². The van der Waals surface area contributed by atoms with Gasteiger partial charge in [-0.25, -0.2) is 4.98 Å². The zero-order chi connectivity index (χ0) is 17.5. The van der Waals surface area contributed by atoms with Crippen molar-refractivity contribution in [1.82, 2.24) is 9.55 Å². The van der Waals surface area contributed by atoms with Crippen LogP contribution in [0.4, 0.5) is 5.69 Å². The molecule has 4 heteroatoms. The van der Waals surface area contributed by atoms with Gasteiger partial charge >= 0.3 is 0 Å². The third kappa shape index (κ3) is 2.61. The zero-order valence-corrected chi connectivity index (χ0v) is 14.9. The summed E-state index contributed by atoms with van der Waals surface area (Å²) in [6.45, 7) is 0.862. The number of aryl methyl sites for hydroxylation is 2. The number of hydrogen-bond donors (Lipinski definition) is 1. The first kappa shape index (κ1) is 15.6. The van der Waals surface area contributed by atoms with Gasteiger partial charge in [0.05, 0.1) is 11.0 Å². The second-order valence-corrected chi connectivity index (χ2v) is 7.50. The molecule has 0 saturated heterocycles. The molecule has 2 heterocycles. The maximum absolute atomic E-state index is 12.9. The first-order valence-electron chi connectivity index (χ1n) is 9.65. The van der Waals surface area contributed by atoms with Crippen LogP contribution in [0.1, 0.15) is 36.2 Å². The average molecular weight is 345 g/mol. The maximum Gasteiger partial charge on any atom is 0.228 e. The van der Waals surface area contributed by atoms with E-state index in [0.29, 0.717) is 0 Å². The number of carbonyl (C=O) groups excluding carboxylic acids is 1. The normalized spacial score (nSPS) is 19.0. The molecule has 0 radical (unpaired) electrons. The average Bonchev–Trinajstić information content (AvgIpc) is 3.06. The minimum Gasteiger partial charge on any atom is -0.328 e. The van der Waals surface area contributed by atoms with E-state index < -0.39 is 0 Å². The minimum atomic E-state index is -0.00115. The van der Waals surface area contributed by atoms with Gasteiger partial charge < -0.3 is 9.88 Å². The zero-order valence-electron chi connectivity index (χ0n) is 14.9. The lowest BCUT2D eigenvalue weighted by Gasteiger charge is -2.25. The van der Waals surface area contributed by atoms with Crippen LogP contribution in [0, 0.1) is 5.92 Å². The van der Waals surface area contributed by atoms with E-state index in [0.717, 1.165) is 49.3 Å². The molecule has 0 spiro atoms. The molecule has 4 nitrogen and oxygen atoms in total. The van der Waals surface area contributed by atoms with E-state index in [1.54, 1.807) is 0 Å². The molecule has 0 fully saturated rings. The van der Waals surface area contributed by atoms with Crippen molar-refractivity contribution >= 4 is 22.6 Å². The predicted molar refractivity (Wildman–Crippen MR) is 103 cm³/mol. The summed E-state index contributed by atoms with van der Waals surface area (Å²) in [5, 5.41) is 3.23. The monoisotopic (exact) mass is 345 g/mol. The summed E-state index contributed by atoms with van der Waals surface area (Å²) in [7, 11) is 0. The Morgan fingerprint density at radius 3 is 2.92 bits per heavy atom. The summed E-state index contributed by atoms with van der Waals surface area (Å²) in [5.74, 6) is 1.17. The number of amides is 1. The van der Waals surface area contributed by atoms with Gasteiger partial charge in [-0.15, -0.1) is 0 Å². The number of nitrogens with one attached hydrogen (secondary N) is 1. The molecule has 1 aromatic heterocycles. The summed E-state index contributed by atoms with van der Waals surface area (Å²) < 4.78 is 2.27. The third-order valence-electron chi connectivity index (χ3n) is 5.89. The highest BCUT2D eigenvalue weighted by Crippen LogP contribution is 2.30. The van der Waals surface area contributed by atoms with Crippen molar-refractivity contribution in [2.24, 2.45) is 5.92 Å². The van der Waals surface area contributed by atoms with Gasteiger partial charge in [-0.1, -0.05) is 24.3 Å². The van der Waals surface area contributed by atoms with Gasteiger partial charge in [-0.3, -0.25) is 4.79 Å². The van der Waals surface area contributed by atoms with E-state index in [-0.39, 0.29) is 11.8 Å². The quantitative estimate of drug-likeness (QED) is 0.759. The topological polar surface area (TPSA) is 46.9 Å². The Balaban J connectivity index is 1.37. The second kappa shape index (κ2) is 6.27. The fraction of sp³-hybridized carbons (Fsp3) is 0.364. The van der Waals surface area contributed by atoms with Crippen molar-refractivity contribution in [3.05, 3.63) is 59.4 Å². The second-order valence-electron chi connectivity index (χ2n) is 7.50. The molecular weight excluding hydrogens is 322 g/mol. The lowest BCUT2D eigenvalue weighted by atomic mass is 9.90. The largest absolute Gasteiger partial charge is 0.328 e. The van der Waals surface area contributed by atoms with Crippen molar-refractivity contribution in [3.63, 3.8) is 0 Å². The van der Waals surface area contributed by atoms with Crippen LogP contribution in [0.25, 0.3) is 11.0 Å². The third-order valence-corrected chi connectivity index (χ3v) is 5.89. The Hall–Kier alpha value is -2.62. The van der Waals surface area contributed by atoms with Gasteiger partial charge in [0.25, 0.3) is 0 Å². The van der Waals surface area contributed by atoms with Crippen molar-refractivity contribution in [2.75, 3.05) is 5.32 Å². The van der Waals surface area contributed by atoms with Crippen LogP contribution in [-0.4, -0.2) is 15.5 Å². The number of hydrogen-bond acceptors (Lipinski definition) is 2. The predicted octanol–water partition coefficient (Wildman–Crippen LogP) is 4.12. The van der Waals surface area contributed by atoms with Crippen LogP contribution in [0.2, 0.25) is 0 Å². The van der Waals surface area contributed by atoms with Crippen molar-refractivity contribution in [1.29, 1.82) is 0 Å². The van der Waals surface area contributed by atoms with E-state index in [2.05, 4.69) is 40.2 Å². The molecular formula is C22H23N3O. The molecule has 5 rings (SSSR count). The van der Waals surface area contributed by atoms with Crippen LogP contribution < -0.4 is 5.32 Å². The van der Waals surface area contributed by atoms with E-state index in [1.165, 1.54) is 29.5 Å². The van der Waals surface area contributed by atoms with Gasteiger partial charge in [-0.2, -0.15) is 0 Å². The van der Waals surface area contributed by atoms with Crippen LogP contribution in [0.5, 0.6) is 0 Å². The fourth-order valence-corrected chi connectivity index (χ4v) is 4.50. The standard InChI is InChI=1S/C22H23N3O/c26-22(24-18-10-5-7-15-6-1-2-8-17(15)18)16-12-13-25-20-11-4-3-9-19(20)23-21(25)14-16/h3-5,7,9-11,16H,1-2,6,8,12-14H2,(H,24,26). The minimum absolute atomic E-state index is 0.00115. The van der Waals surface area contributed by atoms with Crippen LogP contribution in [0.15, 0.2) is 42.5 Å². The number of imidazole rings is 1. The summed E-state index contributed by atoms with van der Waals surface area (Å²) in [4.78, 5) is 17.7. The Labute approximate surface area is 153 Å². The Bertz CT molecular complexity index is 988. The molecule has 1 N–H and O–H groups in total. The number of fused-ring (bicyclic) bond motifs is 4. The molecule has 2 aromatic carbocycles. The summed E-state index contributed by atoms with van der Waals surface area (Å²) in [5.41, 5.74) is 5.97. The Kier molecular flexibility index (Phi) is 3.77. The molecule has 1 atom stereocenters. The fourth-order valence-electron chi connectivity index (χ4n) is 4.50. The van der Waals surface area contributed by atoms with Gasteiger partial charge in [0.2, 0.25) is 5.91 Å². The molecule has 1 aliphatic heterocycles. The molecule has 2 aliphatic rings. The number of anilines is 1. The molecule has 1 aliphatic carbocycles. The van der Waals surface area contributed by atoms with E-state index >= 15 is 0 Å². The molecule has 26 heavy (non-hydrogen) atoms. The Morgan fingerprint density at radius 2 is 1.96 bits per heavy atom. The van der Waals surface area contributed by atoms with E-state index in [1.807, 2.05) is 12.1 Å². The van der Waals surface area contributed by atoms with E-state index in [9.17, 15) is 4.79 Å². The van der Waals surface area contributed by atoms with Crippen LogP contribution in [-0.2, 0) is 30.6 Å². The molecule has 132 valence electrons. The molecule has 3 aromatic rings. The molecule has 1 amide bonds. The number of carbonyl (C=O) groups is 1. The summed E-state index contributed by atoms with van der Waals surface area (Å²) >= 11 is 0. The highest BCUT2D eigenvalue weighted by atomic mass is 16.1. The number of rotatable bonds is 2. The smallest absolute Gasteiger partial charge is 0.228 e. The number of benzene rings is 2. The van der Waals surface area contributed by atoms with Crippen molar-refractivity contribution < 1.29 is 4.79 Å². The van der Waals surface area contributed by atoms with Crippen molar-refractivity contribution in [3.8, 4) is 0 Å². The van der Waals surface area contributed by atoms with Gasteiger partial charge in [0.1, 0.15) is 5.82 Å². The lowest BCUT2D eigenvalue weighted by Crippen LogP contribution is -2.31. The highest BCUT2D eigenvalue weighted by Gasteiger charge is 2.27. The van der Waals surface area contributed by atoms with Gasteiger partial charge in [0, 0.05) is 24.6 Å². The number of para-hydroxylation sites is 2. The van der Waals surface area contributed by atoms with Gasteiger partial charge in [0.15, 0.2) is 0 Å². The van der Waals surface area contributed by atoms with Crippen LogP contribution in [0.3, 0.4) is 0 Å². The number of aromatic nitrogens is 2. The Morgan fingerprint density at radius 1 is 1.08 bits per heavy atom. The van der Waals surface area contributed by atoms with Crippen molar-refractivity contribution in [2.45, 2.75) is 45.1 Å². The molecule has 0 saturated carbocycles. The molecule has 0 bridgehead atoms. The first-order chi connectivity index (χ1) is 12.8. The lowest BCUT2D eigenvalue weighted by molar-refractivity contribution is -0.120. The van der Waals surface area contributed by atoms with E-state index in [4.69, 9.17) is 4.98 Å². The maximum atomic E-state index is 12.9. The first-order valence-corrected chi connectivity index (χ1v) is 9.65. The summed E-state index contributed by atoms with van der Waals surface area (Å²) in [6.07, 6.45) is 6.26. The van der Waals surface area contributed by atoms with Crippen LogP contribution >= 0.6 is 0 Å². The number of nitrogens with zero attached hydrogens (tertiary/aromatic N) is 2. The molecule has 1 unspecified atom stereocenters.